The van der Waals surface area contributed by atoms with E-state index in [9.17, 15) is 9.59 Å². The van der Waals surface area contributed by atoms with Gasteiger partial charge in [-0.25, -0.2) is 4.79 Å². The monoisotopic (exact) mass is 202 g/mol. The van der Waals surface area contributed by atoms with Crippen molar-refractivity contribution in [2.24, 2.45) is 0 Å². The molecule has 2 unspecified atom stereocenters. The molecule has 0 aromatic rings. The van der Waals surface area contributed by atoms with Gasteiger partial charge in [0.2, 0.25) is 0 Å². The first-order valence-corrected chi connectivity index (χ1v) is 4.58. The molecule has 1 N–H and O–H groups in total. The Labute approximate surface area is 82.0 Å². The van der Waals surface area contributed by atoms with Crippen LogP contribution in [0.3, 0.4) is 0 Å². The average molecular weight is 202 g/mol. The first-order valence-electron chi connectivity index (χ1n) is 4.58. The van der Waals surface area contributed by atoms with Crippen LogP contribution in [0.5, 0.6) is 0 Å². The van der Waals surface area contributed by atoms with E-state index in [-0.39, 0.29) is 18.5 Å². The van der Waals surface area contributed by atoms with E-state index >= 15 is 0 Å². The fourth-order valence-electron chi connectivity index (χ4n) is 1.51. The number of hydrogen-bond acceptors (Lipinski definition) is 4. The molecule has 0 bridgehead atoms. The number of carbonyl (C=O) groups is 2. The van der Waals surface area contributed by atoms with Crippen LogP contribution in [0.4, 0.5) is 0 Å². The Morgan fingerprint density at radius 3 is 2.79 bits per heavy atom. The Bertz CT molecular complexity index is 225. The first-order chi connectivity index (χ1) is 6.63. The van der Waals surface area contributed by atoms with Crippen LogP contribution in [-0.2, 0) is 19.1 Å². The largest absolute Gasteiger partial charge is 0.481 e. The number of aliphatic carboxylic acids is 1. The molecule has 14 heavy (non-hydrogen) atoms. The minimum absolute atomic E-state index is 0.0819. The molecular weight excluding hydrogens is 188 g/mol. The summed E-state index contributed by atoms with van der Waals surface area (Å²) >= 11 is 0. The third-order valence-electron chi connectivity index (χ3n) is 2.25. The number of ether oxygens (including phenoxy) is 2. The highest BCUT2D eigenvalue weighted by Gasteiger charge is 2.31. The summed E-state index contributed by atoms with van der Waals surface area (Å²) in [4.78, 5) is 21.3. The zero-order chi connectivity index (χ0) is 10.6. The molecule has 1 saturated heterocycles. The zero-order valence-corrected chi connectivity index (χ0v) is 8.06. The molecule has 5 heteroatoms. The van der Waals surface area contributed by atoms with E-state index in [0.717, 1.165) is 6.42 Å². The van der Waals surface area contributed by atoms with Crippen molar-refractivity contribution in [2.75, 3.05) is 7.11 Å². The minimum Gasteiger partial charge on any atom is -0.481 e. The third-order valence-corrected chi connectivity index (χ3v) is 2.25. The molecule has 1 fully saturated rings. The van der Waals surface area contributed by atoms with Gasteiger partial charge in [-0.05, 0) is 19.3 Å². The van der Waals surface area contributed by atoms with Crippen molar-refractivity contribution < 1.29 is 24.2 Å². The van der Waals surface area contributed by atoms with Crippen LogP contribution in [-0.4, -0.2) is 36.4 Å². The molecule has 1 aliphatic heterocycles. The standard InChI is InChI=1S/C9H14O5/c1-13-9(12)7-4-2-6(14-7)3-5-8(10)11/h6-7H,2-5H2,1H3,(H,10,11). The van der Waals surface area contributed by atoms with E-state index in [4.69, 9.17) is 9.84 Å². The maximum Gasteiger partial charge on any atom is 0.334 e. The molecular formula is C9H14O5. The molecule has 2 atom stereocenters. The van der Waals surface area contributed by atoms with E-state index in [0.29, 0.717) is 12.8 Å². The van der Waals surface area contributed by atoms with E-state index < -0.39 is 12.1 Å². The fourth-order valence-corrected chi connectivity index (χ4v) is 1.51. The van der Waals surface area contributed by atoms with Gasteiger partial charge < -0.3 is 14.6 Å². The molecule has 0 saturated carbocycles. The highest BCUT2D eigenvalue weighted by molar-refractivity contribution is 5.74. The van der Waals surface area contributed by atoms with Gasteiger partial charge in [-0.3, -0.25) is 4.79 Å². The number of rotatable bonds is 4. The topological polar surface area (TPSA) is 72.8 Å². The summed E-state index contributed by atoms with van der Waals surface area (Å²) in [5, 5.41) is 8.45. The second-order valence-electron chi connectivity index (χ2n) is 3.28. The normalized spacial score (nSPS) is 26.1. The smallest absolute Gasteiger partial charge is 0.334 e. The lowest BCUT2D eigenvalue weighted by Gasteiger charge is -2.10. The van der Waals surface area contributed by atoms with Gasteiger partial charge in [-0.15, -0.1) is 0 Å². The number of methoxy groups -OCH3 is 1. The maximum atomic E-state index is 11.0. The van der Waals surface area contributed by atoms with Gasteiger partial charge in [0, 0.05) is 6.42 Å². The number of esters is 1. The van der Waals surface area contributed by atoms with Crippen LogP contribution in [0, 0.1) is 0 Å². The highest BCUT2D eigenvalue weighted by Crippen LogP contribution is 2.23. The van der Waals surface area contributed by atoms with Gasteiger partial charge in [0.1, 0.15) is 0 Å². The van der Waals surface area contributed by atoms with Crippen molar-refractivity contribution in [1.29, 1.82) is 0 Å². The summed E-state index contributed by atoms with van der Waals surface area (Å²) in [6.45, 7) is 0. The summed E-state index contributed by atoms with van der Waals surface area (Å²) in [5.74, 6) is -1.21. The second-order valence-corrected chi connectivity index (χ2v) is 3.28. The van der Waals surface area contributed by atoms with Crippen molar-refractivity contribution >= 4 is 11.9 Å². The lowest BCUT2D eigenvalue weighted by molar-refractivity contribution is -0.153. The number of hydrogen-bond donors (Lipinski definition) is 1. The van der Waals surface area contributed by atoms with Crippen molar-refractivity contribution in [3.05, 3.63) is 0 Å². The molecule has 0 aromatic heterocycles. The Morgan fingerprint density at radius 2 is 2.21 bits per heavy atom. The number of carboxylic acids is 1. The van der Waals surface area contributed by atoms with Gasteiger partial charge in [0.15, 0.2) is 6.10 Å². The SMILES string of the molecule is COC(=O)C1CCC(CCC(=O)O)O1. The lowest BCUT2D eigenvalue weighted by Crippen LogP contribution is -2.22. The molecule has 0 aliphatic carbocycles. The Morgan fingerprint density at radius 1 is 1.50 bits per heavy atom. The zero-order valence-electron chi connectivity index (χ0n) is 8.06. The summed E-state index contributed by atoms with van der Waals surface area (Å²) in [7, 11) is 1.32. The molecule has 1 heterocycles. The van der Waals surface area contributed by atoms with E-state index in [2.05, 4.69) is 4.74 Å². The highest BCUT2D eigenvalue weighted by atomic mass is 16.6. The Hall–Kier alpha value is -1.10. The predicted octanol–water partition coefficient (Wildman–Crippen LogP) is 0.572. The summed E-state index contributed by atoms with van der Waals surface area (Å²) in [6, 6.07) is 0. The molecule has 80 valence electrons. The van der Waals surface area contributed by atoms with Crippen molar-refractivity contribution in [3.8, 4) is 0 Å². The Balaban J connectivity index is 2.27. The third kappa shape index (κ3) is 2.99. The van der Waals surface area contributed by atoms with Gasteiger partial charge in [0.05, 0.1) is 13.2 Å². The van der Waals surface area contributed by atoms with Crippen LogP contribution in [0.2, 0.25) is 0 Å². The van der Waals surface area contributed by atoms with E-state index in [1.165, 1.54) is 7.11 Å². The number of carboxylic acid groups (broad SMARTS) is 1. The summed E-state index contributed by atoms with van der Waals surface area (Å²) in [6.07, 6.45) is 1.28. The van der Waals surface area contributed by atoms with Crippen LogP contribution >= 0.6 is 0 Å². The average Bonchev–Trinajstić information content (AvgIpc) is 2.62. The Kier molecular flexibility index (Phi) is 3.88. The van der Waals surface area contributed by atoms with Crippen LogP contribution < -0.4 is 0 Å². The first kappa shape index (κ1) is 11.0. The van der Waals surface area contributed by atoms with Gasteiger partial charge in [-0.1, -0.05) is 0 Å². The molecule has 0 amide bonds. The van der Waals surface area contributed by atoms with Crippen LogP contribution in [0.1, 0.15) is 25.7 Å². The summed E-state index contributed by atoms with van der Waals surface area (Å²) < 4.78 is 9.85. The van der Waals surface area contributed by atoms with Gasteiger partial charge >= 0.3 is 11.9 Å². The molecule has 1 aliphatic rings. The molecule has 0 spiro atoms. The molecule has 5 nitrogen and oxygen atoms in total. The van der Waals surface area contributed by atoms with Crippen LogP contribution in [0.25, 0.3) is 0 Å². The van der Waals surface area contributed by atoms with Gasteiger partial charge in [0.25, 0.3) is 0 Å². The fraction of sp³-hybridized carbons (Fsp3) is 0.778. The minimum atomic E-state index is -0.838. The van der Waals surface area contributed by atoms with E-state index in [1.54, 1.807) is 0 Å². The van der Waals surface area contributed by atoms with Crippen molar-refractivity contribution in [1.82, 2.24) is 0 Å². The van der Waals surface area contributed by atoms with Crippen molar-refractivity contribution in [3.63, 3.8) is 0 Å². The quantitative estimate of drug-likeness (QED) is 0.675. The molecule has 0 radical (unpaired) electrons. The second kappa shape index (κ2) is 4.95. The van der Waals surface area contributed by atoms with Crippen molar-refractivity contribution in [2.45, 2.75) is 37.9 Å². The molecule has 0 aromatic carbocycles. The van der Waals surface area contributed by atoms with E-state index in [1.807, 2.05) is 0 Å². The van der Waals surface area contributed by atoms with Gasteiger partial charge in [-0.2, -0.15) is 0 Å². The number of carbonyl (C=O) groups excluding carboxylic acids is 1. The molecule has 1 rings (SSSR count). The maximum absolute atomic E-state index is 11.0. The summed E-state index contributed by atoms with van der Waals surface area (Å²) in [5.41, 5.74) is 0. The lowest BCUT2D eigenvalue weighted by atomic mass is 10.1. The van der Waals surface area contributed by atoms with Crippen LogP contribution in [0.15, 0.2) is 0 Å². The predicted molar refractivity (Wildman–Crippen MR) is 46.8 cm³/mol.